The molecule has 0 aliphatic heterocycles. The Kier molecular flexibility index (Phi) is 4.75. The lowest BCUT2D eigenvalue weighted by Crippen LogP contribution is -2.14. The summed E-state index contributed by atoms with van der Waals surface area (Å²) in [4.78, 5) is 22.3. The van der Waals surface area contributed by atoms with Gasteiger partial charge in [0.05, 0.1) is 16.2 Å². The van der Waals surface area contributed by atoms with E-state index in [0.29, 0.717) is 11.3 Å². The van der Waals surface area contributed by atoms with E-state index in [-0.39, 0.29) is 22.9 Å². The summed E-state index contributed by atoms with van der Waals surface area (Å²) in [5, 5.41) is 13.3. The number of nitrogens with one attached hydrogen (secondary N) is 1. The predicted octanol–water partition coefficient (Wildman–Crippen LogP) is 2.18. The number of amides is 1. The molecule has 2 rings (SSSR count). The molecule has 0 heterocycles. The SMILES string of the molecule is CS(=O)(=O)c1ccc(CC(=O)Nc2cccc([N+](=O)[O-])c2)cc1. The Morgan fingerprint density at radius 2 is 1.83 bits per heavy atom. The van der Waals surface area contributed by atoms with Gasteiger partial charge in [0, 0.05) is 24.1 Å². The number of carbonyl (C=O) groups excluding carboxylic acids is 1. The summed E-state index contributed by atoms with van der Waals surface area (Å²) in [5.74, 6) is -0.349. The molecule has 1 amide bonds. The molecule has 2 aromatic rings. The van der Waals surface area contributed by atoms with Gasteiger partial charge in [-0.15, -0.1) is 0 Å². The molecule has 0 fully saturated rings. The lowest BCUT2D eigenvalue weighted by atomic mass is 10.1. The van der Waals surface area contributed by atoms with Crippen molar-refractivity contribution in [1.29, 1.82) is 0 Å². The van der Waals surface area contributed by atoms with E-state index >= 15 is 0 Å². The zero-order chi connectivity index (χ0) is 17.0. The number of nitro benzene ring substituents is 1. The molecule has 0 atom stereocenters. The van der Waals surface area contributed by atoms with Crippen LogP contribution in [0.25, 0.3) is 0 Å². The van der Waals surface area contributed by atoms with E-state index in [4.69, 9.17) is 0 Å². The molecule has 0 aliphatic rings. The van der Waals surface area contributed by atoms with Crippen molar-refractivity contribution in [2.45, 2.75) is 11.3 Å². The molecule has 0 spiro atoms. The molecule has 0 saturated carbocycles. The van der Waals surface area contributed by atoms with Crippen LogP contribution in [0, 0.1) is 10.1 Å². The average molecular weight is 334 g/mol. The molecule has 0 bridgehead atoms. The smallest absolute Gasteiger partial charge is 0.271 e. The first-order valence-electron chi connectivity index (χ1n) is 6.59. The fourth-order valence-electron chi connectivity index (χ4n) is 1.94. The number of nitrogens with zero attached hydrogens (tertiary/aromatic N) is 1. The minimum atomic E-state index is -3.27. The van der Waals surface area contributed by atoms with Crippen LogP contribution in [-0.4, -0.2) is 25.5 Å². The Hall–Kier alpha value is -2.74. The summed E-state index contributed by atoms with van der Waals surface area (Å²) in [6.07, 6.45) is 1.14. The summed E-state index contributed by atoms with van der Waals surface area (Å²) in [5.41, 5.74) is 0.859. The van der Waals surface area contributed by atoms with Gasteiger partial charge in [0.15, 0.2) is 9.84 Å². The molecular formula is C15H14N2O5S. The van der Waals surface area contributed by atoms with Crippen LogP contribution in [0.3, 0.4) is 0 Å². The zero-order valence-electron chi connectivity index (χ0n) is 12.2. The average Bonchev–Trinajstić information content (AvgIpc) is 2.47. The van der Waals surface area contributed by atoms with E-state index in [0.717, 1.165) is 6.26 Å². The van der Waals surface area contributed by atoms with Gasteiger partial charge in [0.2, 0.25) is 5.91 Å². The number of hydrogen-bond acceptors (Lipinski definition) is 5. The second-order valence-electron chi connectivity index (χ2n) is 4.95. The van der Waals surface area contributed by atoms with E-state index in [1.165, 1.54) is 30.3 Å². The lowest BCUT2D eigenvalue weighted by molar-refractivity contribution is -0.384. The van der Waals surface area contributed by atoms with Crippen molar-refractivity contribution < 1.29 is 18.1 Å². The first kappa shape index (κ1) is 16.6. The molecule has 0 unspecified atom stereocenters. The van der Waals surface area contributed by atoms with Crippen LogP contribution in [0.4, 0.5) is 11.4 Å². The van der Waals surface area contributed by atoms with Crippen molar-refractivity contribution in [3.8, 4) is 0 Å². The van der Waals surface area contributed by atoms with Gasteiger partial charge in [0.1, 0.15) is 0 Å². The molecule has 0 aliphatic carbocycles. The van der Waals surface area contributed by atoms with Crippen molar-refractivity contribution in [3.63, 3.8) is 0 Å². The quantitative estimate of drug-likeness (QED) is 0.666. The van der Waals surface area contributed by atoms with Gasteiger partial charge in [-0.1, -0.05) is 18.2 Å². The van der Waals surface area contributed by atoms with Crippen molar-refractivity contribution in [2.24, 2.45) is 0 Å². The molecular weight excluding hydrogens is 320 g/mol. The fraction of sp³-hybridized carbons (Fsp3) is 0.133. The Morgan fingerprint density at radius 1 is 1.17 bits per heavy atom. The van der Waals surface area contributed by atoms with Crippen molar-refractivity contribution in [2.75, 3.05) is 11.6 Å². The first-order chi connectivity index (χ1) is 10.8. The maximum absolute atomic E-state index is 11.9. The van der Waals surface area contributed by atoms with E-state index in [2.05, 4.69) is 5.32 Å². The van der Waals surface area contributed by atoms with Gasteiger partial charge < -0.3 is 5.32 Å². The van der Waals surface area contributed by atoms with Gasteiger partial charge in [0.25, 0.3) is 5.69 Å². The highest BCUT2D eigenvalue weighted by atomic mass is 32.2. The summed E-state index contributed by atoms with van der Waals surface area (Å²) in [6.45, 7) is 0. The summed E-state index contributed by atoms with van der Waals surface area (Å²) in [7, 11) is -3.27. The Bertz CT molecular complexity index is 844. The van der Waals surface area contributed by atoms with Gasteiger partial charge in [-0.3, -0.25) is 14.9 Å². The molecule has 7 nitrogen and oxygen atoms in total. The van der Waals surface area contributed by atoms with Crippen molar-refractivity contribution >= 4 is 27.1 Å². The number of nitro groups is 1. The fourth-order valence-corrected chi connectivity index (χ4v) is 2.57. The number of carbonyl (C=O) groups is 1. The topological polar surface area (TPSA) is 106 Å². The monoisotopic (exact) mass is 334 g/mol. The normalized spacial score (nSPS) is 11.0. The Balaban J connectivity index is 2.05. The van der Waals surface area contributed by atoms with E-state index < -0.39 is 14.8 Å². The van der Waals surface area contributed by atoms with E-state index in [1.807, 2.05) is 0 Å². The number of hydrogen-bond donors (Lipinski definition) is 1. The number of rotatable bonds is 5. The third-order valence-corrected chi connectivity index (χ3v) is 4.19. The van der Waals surface area contributed by atoms with Gasteiger partial charge in [-0.25, -0.2) is 8.42 Å². The van der Waals surface area contributed by atoms with Crippen molar-refractivity contribution in [3.05, 3.63) is 64.2 Å². The maximum atomic E-state index is 11.9. The molecule has 0 radical (unpaired) electrons. The van der Waals surface area contributed by atoms with E-state index in [9.17, 15) is 23.3 Å². The van der Waals surface area contributed by atoms with Crippen LogP contribution >= 0.6 is 0 Å². The second kappa shape index (κ2) is 6.57. The predicted molar refractivity (Wildman–Crippen MR) is 85.0 cm³/mol. The molecule has 8 heteroatoms. The van der Waals surface area contributed by atoms with Gasteiger partial charge in [-0.05, 0) is 23.8 Å². The minimum Gasteiger partial charge on any atom is -0.326 e. The maximum Gasteiger partial charge on any atom is 0.271 e. The lowest BCUT2D eigenvalue weighted by Gasteiger charge is -2.06. The second-order valence-corrected chi connectivity index (χ2v) is 6.96. The van der Waals surface area contributed by atoms with Gasteiger partial charge >= 0.3 is 0 Å². The molecule has 0 saturated heterocycles. The van der Waals surface area contributed by atoms with Crippen LogP contribution < -0.4 is 5.32 Å². The molecule has 0 aromatic heterocycles. The third-order valence-electron chi connectivity index (χ3n) is 3.06. The molecule has 1 N–H and O–H groups in total. The minimum absolute atomic E-state index is 0.0345. The first-order valence-corrected chi connectivity index (χ1v) is 8.48. The summed E-state index contributed by atoms with van der Waals surface area (Å²) in [6, 6.07) is 11.6. The molecule has 23 heavy (non-hydrogen) atoms. The highest BCUT2D eigenvalue weighted by Crippen LogP contribution is 2.17. The zero-order valence-corrected chi connectivity index (χ0v) is 13.0. The number of anilines is 1. The molecule has 2 aromatic carbocycles. The van der Waals surface area contributed by atoms with Gasteiger partial charge in [-0.2, -0.15) is 0 Å². The summed E-state index contributed by atoms with van der Waals surface area (Å²) < 4.78 is 22.7. The Morgan fingerprint density at radius 3 is 2.39 bits per heavy atom. The number of non-ortho nitro benzene ring substituents is 1. The third kappa shape index (κ3) is 4.62. The largest absolute Gasteiger partial charge is 0.326 e. The van der Waals surface area contributed by atoms with Crippen LogP contribution in [-0.2, 0) is 21.1 Å². The molecule has 120 valence electrons. The highest BCUT2D eigenvalue weighted by Gasteiger charge is 2.10. The van der Waals surface area contributed by atoms with Crippen LogP contribution in [0.2, 0.25) is 0 Å². The van der Waals surface area contributed by atoms with E-state index in [1.54, 1.807) is 18.2 Å². The summed E-state index contributed by atoms with van der Waals surface area (Å²) >= 11 is 0. The number of benzene rings is 2. The Labute approximate surface area is 133 Å². The highest BCUT2D eigenvalue weighted by molar-refractivity contribution is 7.90. The van der Waals surface area contributed by atoms with Crippen LogP contribution in [0.1, 0.15) is 5.56 Å². The van der Waals surface area contributed by atoms with Crippen LogP contribution in [0.15, 0.2) is 53.4 Å². The van der Waals surface area contributed by atoms with Crippen LogP contribution in [0.5, 0.6) is 0 Å². The number of sulfone groups is 1. The van der Waals surface area contributed by atoms with Crippen molar-refractivity contribution in [1.82, 2.24) is 0 Å². The standard InChI is InChI=1S/C15H14N2O5S/c1-23(21,22)14-7-5-11(6-8-14)9-15(18)16-12-3-2-4-13(10-12)17(19)20/h2-8,10H,9H2,1H3,(H,16,18).